The number of hydrogen-bond acceptors (Lipinski definition) is 4. The third-order valence-electron chi connectivity index (χ3n) is 4.92. The number of carbonyl (C=O) groups excluding carboxylic acids is 1. The van der Waals surface area contributed by atoms with Crippen LogP contribution in [0.25, 0.3) is 0 Å². The number of hydrogen-bond donors (Lipinski definition) is 1. The summed E-state index contributed by atoms with van der Waals surface area (Å²) in [5.41, 5.74) is 5.29. The molecule has 0 atom stereocenters. The zero-order valence-electron chi connectivity index (χ0n) is 17.3. The van der Waals surface area contributed by atoms with Gasteiger partial charge in [-0.2, -0.15) is 5.10 Å². The van der Waals surface area contributed by atoms with Crippen molar-refractivity contribution >= 4 is 38.9 Å². The molecule has 31 heavy (non-hydrogen) atoms. The van der Waals surface area contributed by atoms with Crippen molar-refractivity contribution in [3.05, 3.63) is 97.9 Å². The minimum absolute atomic E-state index is 0.119. The van der Waals surface area contributed by atoms with Crippen LogP contribution in [-0.2, 0) is 13.2 Å². The van der Waals surface area contributed by atoms with Crippen molar-refractivity contribution in [2.45, 2.75) is 27.0 Å². The molecule has 0 unspecified atom stereocenters. The lowest BCUT2D eigenvalue weighted by atomic mass is 10.1. The Balaban J connectivity index is 1.32. The maximum Gasteiger partial charge on any atom is 0.265 e. The number of nitrogens with one attached hydrogen (secondary N) is 1. The predicted molar refractivity (Wildman–Crippen MR) is 128 cm³/mol. The molecule has 0 saturated carbocycles. The normalized spacial score (nSPS) is 10.8. The van der Waals surface area contributed by atoms with Crippen LogP contribution in [0.3, 0.4) is 0 Å². The van der Waals surface area contributed by atoms with E-state index in [1.807, 2.05) is 58.7 Å². The Labute approximate surface area is 193 Å². The Hall–Kier alpha value is -2.90. The highest BCUT2D eigenvalue weighted by molar-refractivity contribution is 9.10. The topological polar surface area (TPSA) is 56.1 Å². The fourth-order valence-electron chi connectivity index (χ4n) is 3.04. The molecule has 2 heterocycles. The summed E-state index contributed by atoms with van der Waals surface area (Å²) in [5, 5.41) is 9.17. The lowest BCUT2D eigenvalue weighted by molar-refractivity contribution is 0.103. The number of nitrogens with zero attached hydrogens (tertiary/aromatic N) is 2. The second-order valence-corrected chi connectivity index (χ2v) is 9.19. The molecule has 0 bridgehead atoms. The summed E-state index contributed by atoms with van der Waals surface area (Å²) in [6.07, 6.45) is 3.69. The van der Waals surface area contributed by atoms with Gasteiger partial charge in [0.25, 0.3) is 5.91 Å². The molecule has 0 saturated heterocycles. The number of rotatable bonds is 7. The van der Waals surface area contributed by atoms with Crippen LogP contribution < -0.4 is 10.1 Å². The van der Waals surface area contributed by atoms with Crippen molar-refractivity contribution in [3.8, 4) is 5.75 Å². The maximum atomic E-state index is 12.6. The summed E-state index contributed by atoms with van der Waals surface area (Å²) in [7, 11) is 0. The molecular weight excluding hydrogens is 474 g/mol. The van der Waals surface area contributed by atoms with E-state index < -0.39 is 0 Å². The van der Waals surface area contributed by atoms with Gasteiger partial charge in [-0.3, -0.25) is 9.48 Å². The number of ether oxygens (including phenoxy) is 1. The van der Waals surface area contributed by atoms with Crippen LogP contribution in [-0.4, -0.2) is 15.7 Å². The smallest absolute Gasteiger partial charge is 0.265 e. The summed E-state index contributed by atoms with van der Waals surface area (Å²) in [5.74, 6) is 0.717. The van der Waals surface area contributed by atoms with E-state index in [9.17, 15) is 4.79 Å². The average molecular weight is 496 g/mol. The van der Waals surface area contributed by atoms with Crippen LogP contribution in [0.2, 0.25) is 0 Å². The molecule has 0 radical (unpaired) electrons. The molecular formula is C24H22BrN3O2S. The van der Waals surface area contributed by atoms with Crippen molar-refractivity contribution in [1.29, 1.82) is 0 Å². The van der Waals surface area contributed by atoms with Crippen molar-refractivity contribution in [2.24, 2.45) is 0 Å². The molecule has 158 valence electrons. The van der Waals surface area contributed by atoms with E-state index in [1.165, 1.54) is 22.5 Å². The number of amides is 1. The molecule has 4 aromatic rings. The zero-order valence-corrected chi connectivity index (χ0v) is 19.7. The van der Waals surface area contributed by atoms with Gasteiger partial charge in [0.05, 0.1) is 22.1 Å². The Morgan fingerprint density at radius 2 is 1.90 bits per heavy atom. The molecule has 7 heteroatoms. The first-order valence-corrected chi connectivity index (χ1v) is 11.5. The molecule has 0 fully saturated rings. The van der Waals surface area contributed by atoms with Gasteiger partial charge in [-0.1, -0.05) is 18.2 Å². The quantitative estimate of drug-likeness (QED) is 0.331. The standard InChI is InChI=1S/C24H22BrN3O2S/c1-16-3-8-22(9-17(16)2)30-14-19-10-23(31-15-19)24(29)27-21-6-4-18(5-7-21)12-28-13-20(25)11-26-28/h3-11,13,15H,12,14H2,1-2H3,(H,27,29). The fourth-order valence-corrected chi connectivity index (χ4v) is 4.16. The summed E-state index contributed by atoms with van der Waals surface area (Å²) in [4.78, 5) is 13.3. The molecule has 1 N–H and O–H groups in total. The number of aryl methyl sites for hydroxylation is 2. The van der Waals surface area contributed by atoms with Gasteiger partial charge in [0.2, 0.25) is 0 Å². The van der Waals surface area contributed by atoms with E-state index >= 15 is 0 Å². The molecule has 0 aliphatic carbocycles. The van der Waals surface area contributed by atoms with Crippen LogP contribution in [0.1, 0.15) is 31.9 Å². The zero-order chi connectivity index (χ0) is 21.8. The summed E-state index contributed by atoms with van der Waals surface area (Å²) < 4.78 is 8.67. The van der Waals surface area contributed by atoms with Crippen LogP contribution in [0.15, 0.2) is 70.8 Å². The minimum Gasteiger partial charge on any atom is -0.489 e. The monoisotopic (exact) mass is 495 g/mol. The van der Waals surface area contributed by atoms with Gasteiger partial charge in [0, 0.05) is 17.4 Å². The SMILES string of the molecule is Cc1ccc(OCc2csc(C(=O)Nc3ccc(Cn4cc(Br)cn4)cc3)c2)cc1C. The highest BCUT2D eigenvalue weighted by atomic mass is 79.9. The maximum absolute atomic E-state index is 12.6. The third-order valence-corrected chi connectivity index (χ3v) is 6.31. The van der Waals surface area contributed by atoms with Crippen molar-refractivity contribution in [1.82, 2.24) is 9.78 Å². The second-order valence-electron chi connectivity index (χ2n) is 7.36. The third kappa shape index (κ3) is 5.62. The van der Waals surface area contributed by atoms with E-state index in [1.54, 1.807) is 6.20 Å². The first-order valence-electron chi connectivity index (χ1n) is 9.82. The van der Waals surface area contributed by atoms with Crippen LogP contribution in [0.4, 0.5) is 5.69 Å². The van der Waals surface area contributed by atoms with Gasteiger partial charge in [-0.15, -0.1) is 11.3 Å². The average Bonchev–Trinajstić information content (AvgIpc) is 3.39. The molecule has 2 aromatic carbocycles. The lowest BCUT2D eigenvalue weighted by Gasteiger charge is -2.07. The molecule has 0 aliphatic rings. The summed E-state index contributed by atoms with van der Waals surface area (Å²) >= 11 is 4.81. The number of anilines is 1. The molecule has 1 amide bonds. The van der Waals surface area contributed by atoms with E-state index in [4.69, 9.17) is 4.74 Å². The Kier molecular flexibility index (Phi) is 6.53. The van der Waals surface area contributed by atoms with Crippen LogP contribution in [0, 0.1) is 13.8 Å². The van der Waals surface area contributed by atoms with E-state index in [2.05, 4.69) is 46.3 Å². The molecule has 4 rings (SSSR count). The fraction of sp³-hybridized carbons (Fsp3) is 0.167. The minimum atomic E-state index is -0.119. The van der Waals surface area contributed by atoms with Gasteiger partial charge in [0.15, 0.2) is 0 Å². The number of benzene rings is 2. The van der Waals surface area contributed by atoms with Crippen LogP contribution in [0.5, 0.6) is 5.75 Å². The lowest BCUT2D eigenvalue weighted by Crippen LogP contribution is -2.10. The highest BCUT2D eigenvalue weighted by Gasteiger charge is 2.10. The molecule has 5 nitrogen and oxygen atoms in total. The number of aromatic nitrogens is 2. The first-order chi connectivity index (χ1) is 15.0. The van der Waals surface area contributed by atoms with Crippen molar-refractivity contribution in [3.63, 3.8) is 0 Å². The van der Waals surface area contributed by atoms with Crippen LogP contribution >= 0.6 is 27.3 Å². The largest absolute Gasteiger partial charge is 0.489 e. The summed E-state index contributed by atoms with van der Waals surface area (Å²) in [6.45, 7) is 5.26. The molecule has 0 aliphatic heterocycles. The van der Waals surface area contributed by atoms with E-state index in [0.717, 1.165) is 27.0 Å². The Morgan fingerprint density at radius 3 is 2.61 bits per heavy atom. The van der Waals surface area contributed by atoms with Gasteiger partial charge in [-0.05, 0) is 82.2 Å². The van der Waals surface area contributed by atoms with Crippen molar-refractivity contribution < 1.29 is 9.53 Å². The van der Waals surface area contributed by atoms with Gasteiger partial charge >= 0.3 is 0 Å². The Bertz CT molecular complexity index is 1200. The molecule has 0 spiro atoms. The van der Waals surface area contributed by atoms with Crippen molar-refractivity contribution in [2.75, 3.05) is 5.32 Å². The van der Waals surface area contributed by atoms with Gasteiger partial charge in [0.1, 0.15) is 12.4 Å². The predicted octanol–water partition coefficient (Wildman–Crippen LogP) is 6.20. The van der Waals surface area contributed by atoms with Gasteiger partial charge in [-0.25, -0.2) is 0 Å². The second kappa shape index (κ2) is 9.49. The first kappa shape index (κ1) is 21.3. The van der Waals surface area contributed by atoms with Gasteiger partial charge < -0.3 is 10.1 Å². The highest BCUT2D eigenvalue weighted by Crippen LogP contribution is 2.21. The van der Waals surface area contributed by atoms with E-state index in [0.29, 0.717) is 18.0 Å². The Morgan fingerprint density at radius 1 is 1.10 bits per heavy atom. The summed E-state index contributed by atoms with van der Waals surface area (Å²) in [6, 6.07) is 15.7. The van der Waals surface area contributed by atoms with E-state index in [-0.39, 0.29) is 5.91 Å². The molecule has 2 aromatic heterocycles. The number of carbonyl (C=O) groups is 1. The number of thiophene rings is 1. The number of halogens is 1.